The largest absolute Gasteiger partial charge is 0.373 e. The van der Waals surface area contributed by atoms with E-state index in [2.05, 4.69) is 45.1 Å². The van der Waals surface area contributed by atoms with E-state index in [-0.39, 0.29) is 6.10 Å². The number of ether oxygens (including phenoxy) is 1. The zero-order valence-corrected chi connectivity index (χ0v) is 13.2. The number of nitrogens with zero attached hydrogens (tertiary/aromatic N) is 4. The first-order valence-corrected chi connectivity index (χ1v) is 8.16. The Balaban J connectivity index is 1.47. The molecule has 2 heterocycles. The second-order valence-corrected chi connectivity index (χ2v) is 5.88. The molecule has 0 radical (unpaired) electrons. The third kappa shape index (κ3) is 3.00. The summed E-state index contributed by atoms with van der Waals surface area (Å²) in [6, 6.07) is 20.2. The maximum absolute atomic E-state index is 5.94. The van der Waals surface area contributed by atoms with E-state index < -0.39 is 0 Å². The molecule has 24 heavy (non-hydrogen) atoms. The van der Waals surface area contributed by atoms with Gasteiger partial charge in [0.05, 0.1) is 11.8 Å². The number of rotatable bonds is 5. The lowest BCUT2D eigenvalue weighted by molar-refractivity contribution is 0.0933. The Kier molecular flexibility index (Phi) is 4.20. The number of para-hydroxylation sites is 1. The molecule has 1 saturated heterocycles. The van der Waals surface area contributed by atoms with Gasteiger partial charge in [0.2, 0.25) is 5.95 Å². The second-order valence-electron chi connectivity index (χ2n) is 5.88. The van der Waals surface area contributed by atoms with Crippen LogP contribution in [0, 0.1) is 5.92 Å². The van der Waals surface area contributed by atoms with Gasteiger partial charge in [-0.1, -0.05) is 53.6 Å². The number of nitrogens with one attached hydrogen (secondary N) is 1. The number of tetrazole rings is 1. The molecule has 0 aliphatic carbocycles. The van der Waals surface area contributed by atoms with Crippen molar-refractivity contribution in [2.75, 3.05) is 18.5 Å². The molecule has 1 aliphatic heterocycles. The molecule has 1 fully saturated rings. The van der Waals surface area contributed by atoms with Crippen LogP contribution in [-0.4, -0.2) is 33.4 Å². The van der Waals surface area contributed by atoms with Crippen molar-refractivity contribution in [1.29, 1.82) is 0 Å². The first kappa shape index (κ1) is 14.8. The lowest BCUT2D eigenvalue weighted by Gasteiger charge is -2.19. The zero-order chi connectivity index (χ0) is 16.2. The fraction of sp³-hybridized carbons (Fsp3) is 0.278. The van der Waals surface area contributed by atoms with Crippen LogP contribution in [0.15, 0.2) is 60.7 Å². The molecule has 6 heteroatoms. The number of anilines is 1. The van der Waals surface area contributed by atoms with E-state index in [0.717, 1.165) is 25.3 Å². The Bertz CT molecular complexity index is 774. The lowest BCUT2D eigenvalue weighted by atomic mass is 9.95. The quantitative estimate of drug-likeness (QED) is 0.783. The summed E-state index contributed by atoms with van der Waals surface area (Å²) in [6.07, 6.45) is 1.15. The highest BCUT2D eigenvalue weighted by atomic mass is 16.5. The van der Waals surface area contributed by atoms with Crippen LogP contribution >= 0.6 is 0 Å². The first-order chi connectivity index (χ1) is 11.9. The van der Waals surface area contributed by atoms with Crippen molar-refractivity contribution in [3.8, 4) is 5.69 Å². The average Bonchev–Trinajstić information content (AvgIpc) is 3.30. The topological polar surface area (TPSA) is 64.9 Å². The summed E-state index contributed by atoms with van der Waals surface area (Å²) in [4.78, 5) is 0. The number of benzene rings is 2. The number of hydrogen-bond donors (Lipinski definition) is 1. The smallest absolute Gasteiger partial charge is 0.247 e. The summed E-state index contributed by atoms with van der Waals surface area (Å²) in [5.41, 5.74) is 2.16. The van der Waals surface area contributed by atoms with Crippen molar-refractivity contribution in [3.63, 3.8) is 0 Å². The third-order valence-electron chi connectivity index (χ3n) is 4.33. The second kappa shape index (κ2) is 6.80. The minimum absolute atomic E-state index is 0.125. The van der Waals surface area contributed by atoms with Crippen molar-refractivity contribution in [2.24, 2.45) is 5.92 Å². The standard InChI is InChI=1S/C18H19N5O/c1-3-7-14(8-4-1)17-15(11-12-24-17)13-19-18-20-21-22-23(18)16-9-5-2-6-10-16/h1-10,15,17H,11-13H2,(H,19,20,22). The fourth-order valence-corrected chi connectivity index (χ4v) is 3.12. The molecule has 6 nitrogen and oxygen atoms in total. The van der Waals surface area contributed by atoms with Gasteiger partial charge in [-0.2, -0.15) is 4.68 Å². The summed E-state index contributed by atoms with van der Waals surface area (Å²) < 4.78 is 7.65. The van der Waals surface area contributed by atoms with E-state index in [4.69, 9.17) is 4.74 Å². The highest BCUT2D eigenvalue weighted by molar-refractivity contribution is 5.38. The molecule has 1 aromatic heterocycles. The average molecular weight is 321 g/mol. The maximum Gasteiger partial charge on any atom is 0.247 e. The van der Waals surface area contributed by atoms with Gasteiger partial charge in [-0.25, -0.2) is 0 Å². The van der Waals surface area contributed by atoms with Crippen LogP contribution < -0.4 is 5.32 Å². The summed E-state index contributed by atoms with van der Waals surface area (Å²) >= 11 is 0. The number of hydrogen-bond acceptors (Lipinski definition) is 5. The van der Waals surface area contributed by atoms with Gasteiger partial charge >= 0.3 is 0 Å². The Morgan fingerprint density at radius 1 is 1.04 bits per heavy atom. The van der Waals surface area contributed by atoms with Gasteiger partial charge in [0.1, 0.15) is 0 Å². The molecule has 1 N–H and O–H groups in total. The monoisotopic (exact) mass is 321 g/mol. The number of aromatic nitrogens is 4. The van der Waals surface area contributed by atoms with Gasteiger partial charge in [0.15, 0.2) is 0 Å². The van der Waals surface area contributed by atoms with Crippen LogP contribution in [0.1, 0.15) is 18.1 Å². The third-order valence-corrected chi connectivity index (χ3v) is 4.33. The molecular formula is C18H19N5O. The Morgan fingerprint density at radius 3 is 2.58 bits per heavy atom. The minimum Gasteiger partial charge on any atom is -0.373 e. The minimum atomic E-state index is 0.125. The summed E-state index contributed by atoms with van der Waals surface area (Å²) in [5.74, 6) is 1.05. The van der Waals surface area contributed by atoms with Crippen LogP contribution in [0.25, 0.3) is 5.69 Å². The molecule has 2 unspecified atom stereocenters. The molecule has 2 atom stereocenters. The highest BCUT2D eigenvalue weighted by Crippen LogP contribution is 2.34. The molecule has 0 amide bonds. The summed E-state index contributed by atoms with van der Waals surface area (Å²) in [5, 5.41) is 15.3. The van der Waals surface area contributed by atoms with Crippen molar-refractivity contribution in [3.05, 3.63) is 66.2 Å². The SMILES string of the molecule is c1ccc(C2OCCC2CNc2nnnn2-c2ccccc2)cc1. The van der Waals surface area contributed by atoms with Gasteiger partial charge in [-0.15, -0.1) is 0 Å². The van der Waals surface area contributed by atoms with E-state index in [0.29, 0.717) is 11.9 Å². The highest BCUT2D eigenvalue weighted by Gasteiger charge is 2.29. The van der Waals surface area contributed by atoms with Crippen LogP contribution in [-0.2, 0) is 4.74 Å². The van der Waals surface area contributed by atoms with Gasteiger partial charge in [-0.3, -0.25) is 0 Å². The summed E-state index contributed by atoms with van der Waals surface area (Å²) in [7, 11) is 0. The van der Waals surface area contributed by atoms with Crippen LogP contribution in [0.4, 0.5) is 5.95 Å². The Labute approximate surface area is 140 Å². The molecule has 1 aliphatic rings. The van der Waals surface area contributed by atoms with Gasteiger partial charge in [0, 0.05) is 19.1 Å². The predicted octanol–water partition coefficient (Wildman–Crippen LogP) is 2.85. The van der Waals surface area contributed by atoms with Crippen molar-refractivity contribution < 1.29 is 4.74 Å². The molecule has 0 spiro atoms. The van der Waals surface area contributed by atoms with Crippen LogP contribution in [0.3, 0.4) is 0 Å². The van der Waals surface area contributed by atoms with Crippen molar-refractivity contribution >= 4 is 5.95 Å². The molecule has 2 aromatic carbocycles. The molecule has 122 valence electrons. The van der Waals surface area contributed by atoms with Crippen molar-refractivity contribution in [1.82, 2.24) is 20.2 Å². The predicted molar refractivity (Wildman–Crippen MR) is 90.9 cm³/mol. The van der Waals surface area contributed by atoms with Gasteiger partial charge < -0.3 is 10.1 Å². The van der Waals surface area contributed by atoms with Gasteiger partial charge in [-0.05, 0) is 34.5 Å². The summed E-state index contributed by atoms with van der Waals surface area (Å²) in [6.45, 7) is 1.56. The van der Waals surface area contributed by atoms with Crippen LogP contribution in [0.5, 0.6) is 0 Å². The van der Waals surface area contributed by atoms with E-state index in [1.54, 1.807) is 4.68 Å². The molecule has 4 rings (SSSR count). The lowest BCUT2D eigenvalue weighted by Crippen LogP contribution is -2.19. The van der Waals surface area contributed by atoms with Crippen LogP contribution in [0.2, 0.25) is 0 Å². The van der Waals surface area contributed by atoms with Gasteiger partial charge in [0.25, 0.3) is 0 Å². The Morgan fingerprint density at radius 2 is 1.79 bits per heavy atom. The van der Waals surface area contributed by atoms with E-state index in [1.807, 2.05) is 36.4 Å². The maximum atomic E-state index is 5.94. The normalized spacial score (nSPS) is 20.2. The first-order valence-electron chi connectivity index (χ1n) is 8.16. The van der Waals surface area contributed by atoms with E-state index in [9.17, 15) is 0 Å². The van der Waals surface area contributed by atoms with E-state index in [1.165, 1.54) is 5.56 Å². The molecule has 0 saturated carbocycles. The molecule has 3 aromatic rings. The van der Waals surface area contributed by atoms with E-state index >= 15 is 0 Å². The van der Waals surface area contributed by atoms with Crippen molar-refractivity contribution in [2.45, 2.75) is 12.5 Å². The molecule has 0 bridgehead atoms. The molecular weight excluding hydrogens is 302 g/mol. The zero-order valence-electron chi connectivity index (χ0n) is 13.2. The Hall–Kier alpha value is -2.73. The fourth-order valence-electron chi connectivity index (χ4n) is 3.12.